The monoisotopic (exact) mass is 274 g/mol. The normalized spacial score (nSPS) is 10.5. The highest BCUT2D eigenvalue weighted by atomic mass is 127. The lowest BCUT2D eigenvalue weighted by atomic mass is 10.3. The molecule has 0 aliphatic heterocycles. The largest absolute Gasteiger partial charge is 0.496 e. The van der Waals surface area contributed by atoms with Crippen LogP contribution in [0.1, 0.15) is 0 Å². The van der Waals surface area contributed by atoms with Crippen LogP contribution in [-0.4, -0.2) is 17.1 Å². The van der Waals surface area contributed by atoms with Crippen LogP contribution in [0.3, 0.4) is 0 Å². The highest BCUT2D eigenvalue weighted by molar-refractivity contribution is 14.1. The van der Waals surface area contributed by atoms with Gasteiger partial charge in [0.2, 0.25) is 0 Å². The smallest absolute Gasteiger partial charge is 0.134 e. The van der Waals surface area contributed by atoms with Gasteiger partial charge in [0, 0.05) is 6.07 Å². The lowest BCUT2D eigenvalue weighted by Crippen LogP contribution is -1.86. The van der Waals surface area contributed by atoms with Gasteiger partial charge in [0.15, 0.2) is 0 Å². The van der Waals surface area contributed by atoms with E-state index >= 15 is 0 Å². The number of hydrogen-bond donors (Lipinski definition) is 1. The molecule has 0 aliphatic rings. The molecule has 3 nitrogen and oxygen atoms in total. The fraction of sp³-hybridized carbons (Fsp3) is 0.125. The Hall–Kier alpha value is -0.780. The van der Waals surface area contributed by atoms with Gasteiger partial charge in [0.05, 0.1) is 28.0 Å². The molecule has 0 saturated heterocycles. The molecule has 4 heteroatoms. The molecule has 1 aromatic heterocycles. The van der Waals surface area contributed by atoms with Gasteiger partial charge in [-0.15, -0.1) is 0 Å². The molecule has 0 amide bonds. The number of fused-ring (bicyclic) bond motifs is 1. The Balaban J connectivity index is 2.73. The van der Waals surface area contributed by atoms with Crippen molar-refractivity contribution in [2.75, 3.05) is 7.11 Å². The van der Waals surface area contributed by atoms with E-state index in [0.717, 1.165) is 20.4 Å². The SMILES string of the molecule is COc1cc2nc[nH]c2cc1I. The van der Waals surface area contributed by atoms with Crippen molar-refractivity contribution in [1.29, 1.82) is 0 Å². The number of aromatic nitrogens is 2. The summed E-state index contributed by atoms with van der Waals surface area (Å²) in [7, 11) is 1.66. The van der Waals surface area contributed by atoms with E-state index in [1.807, 2.05) is 12.1 Å². The van der Waals surface area contributed by atoms with Gasteiger partial charge in [-0.1, -0.05) is 0 Å². The average molecular weight is 274 g/mol. The van der Waals surface area contributed by atoms with Gasteiger partial charge in [-0.3, -0.25) is 0 Å². The van der Waals surface area contributed by atoms with E-state index in [1.165, 1.54) is 0 Å². The second kappa shape index (κ2) is 2.93. The number of aromatic amines is 1. The first-order chi connectivity index (χ1) is 5.81. The third-order valence-corrected chi connectivity index (χ3v) is 2.54. The summed E-state index contributed by atoms with van der Waals surface area (Å²) in [5, 5.41) is 0. The fourth-order valence-corrected chi connectivity index (χ4v) is 1.78. The first kappa shape index (κ1) is 7.85. The molecule has 2 aromatic rings. The van der Waals surface area contributed by atoms with E-state index in [4.69, 9.17) is 4.74 Å². The third-order valence-electron chi connectivity index (χ3n) is 1.69. The second-order valence-corrected chi connectivity index (χ2v) is 3.57. The van der Waals surface area contributed by atoms with Crippen molar-refractivity contribution in [3.8, 4) is 5.75 Å². The summed E-state index contributed by atoms with van der Waals surface area (Å²) >= 11 is 2.23. The molecule has 1 N–H and O–H groups in total. The standard InChI is InChI=1S/C8H7IN2O/c1-12-8-3-7-6(2-5(8)9)10-4-11-7/h2-4H,1H3,(H,10,11). The van der Waals surface area contributed by atoms with Gasteiger partial charge in [0.25, 0.3) is 0 Å². The number of nitrogens with zero attached hydrogens (tertiary/aromatic N) is 1. The zero-order valence-electron chi connectivity index (χ0n) is 6.47. The van der Waals surface area contributed by atoms with Crippen molar-refractivity contribution in [2.45, 2.75) is 0 Å². The van der Waals surface area contributed by atoms with E-state index in [1.54, 1.807) is 13.4 Å². The molecular weight excluding hydrogens is 267 g/mol. The number of ether oxygens (including phenoxy) is 1. The predicted molar refractivity (Wildman–Crippen MR) is 55.4 cm³/mol. The second-order valence-electron chi connectivity index (χ2n) is 2.41. The van der Waals surface area contributed by atoms with Crippen LogP contribution in [0.5, 0.6) is 5.75 Å². The maximum Gasteiger partial charge on any atom is 0.134 e. The van der Waals surface area contributed by atoms with Crippen LogP contribution in [0.25, 0.3) is 11.0 Å². The molecule has 62 valence electrons. The molecule has 1 aromatic carbocycles. The first-order valence-corrected chi connectivity index (χ1v) is 4.56. The van der Waals surface area contributed by atoms with Crippen LogP contribution in [0.2, 0.25) is 0 Å². The van der Waals surface area contributed by atoms with E-state index in [2.05, 4.69) is 32.6 Å². The van der Waals surface area contributed by atoms with E-state index in [9.17, 15) is 0 Å². The van der Waals surface area contributed by atoms with Crippen molar-refractivity contribution in [2.24, 2.45) is 0 Å². The number of H-pyrrole nitrogens is 1. The predicted octanol–water partition coefficient (Wildman–Crippen LogP) is 2.18. The van der Waals surface area contributed by atoms with Crippen LogP contribution >= 0.6 is 22.6 Å². The van der Waals surface area contributed by atoms with Crippen molar-refractivity contribution < 1.29 is 4.74 Å². The Kier molecular flexibility index (Phi) is 1.92. The molecule has 0 spiro atoms. The molecule has 0 saturated carbocycles. The minimum Gasteiger partial charge on any atom is -0.496 e. The van der Waals surface area contributed by atoms with Gasteiger partial charge in [-0.25, -0.2) is 4.98 Å². The minimum absolute atomic E-state index is 0.871. The van der Waals surface area contributed by atoms with Crippen LogP contribution in [0, 0.1) is 3.57 Å². The Morgan fingerprint density at radius 2 is 2.33 bits per heavy atom. The molecule has 0 fully saturated rings. The summed E-state index contributed by atoms with van der Waals surface area (Å²) in [5.41, 5.74) is 1.98. The quantitative estimate of drug-likeness (QED) is 0.809. The number of hydrogen-bond acceptors (Lipinski definition) is 2. The number of methoxy groups -OCH3 is 1. The Bertz CT molecular complexity index is 410. The summed E-state index contributed by atoms with van der Waals surface area (Å²) in [6.07, 6.45) is 1.68. The minimum atomic E-state index is 0.871. The summed E-state index contributed by atoms with van der Waals surface area (Å²) in [6.45, 7) is 0. The number of nitrogens with one attached hydrogen (secondary N) is 1. The first-order valence-electron chi connectivity index (χ1n) is 3.48. The molecule has 0 radical (unpaired) electrons. The molecule has 0 unspecified atom stereocenters. The molecule has 12 heavy (non-hydrogen) atoms. The molecule has 1 heterocycles. The number of rotatable bonds is 1. The van der Waals surface area contributed by atoms with Crippen molar-refractivity contribution in [3.05, 3.63) is 22.0 Å². The number of benzene rings is 1. The maximum atomic E-state index is 5.16. The van der Waals surface area contributed by atoms with Gasteiger partial charge in [-0.05, 0) is 28.7 Å². The third kappa shape index (κ3) is 1.16. The Morgan fingerprint density at radius 1 is 1.50 bits per heavy atom. The van der Waals surface area contributed by atoms with E-state index < -0.39 is 0 Å². The Labute approximate surface area is 83.3 Å². The topological polar surface area (TPSA) is 37.9 Å². The van der Waals surface area contributed by atoms with Crippen LogP contribution < -0.4 is 4.74 Å². The summed E-state index contributed by atoms with van der Waals surface area (Å²) in [4.78, 5) is 7.17. The van der Waals surface area contributed by atoms with E-state index in [-0.39, 0.29) is 0 Å². The molecular formula is C8H7IN2O. The molecule has 0 bridgehead atoms. The number of halogens is 1. The van der Waals surface area contributed by atoms with Crippen molar-refractivity contribution in [1.82, 2.24) is 9.97 Å². The van der Waals surface area contributed by atoms with Gasteiger partial charge >= 0.3 is 0 Å². The molecule has 0 aliphatic carbocycles. The van der Waals surface area contributed by atoms with Crippen molar-refractivity contribution in [3.63, 3.8) is 0 Å². The summed E-state index contributed by atoms with van der Waals surface area (Å²) < 4.78 is 6.25. The zero-order valence-corrected chi connectivity index (χ0v) is 8.62. The fourth-order valence-electron chi connectivity index (χ4n) is 1.09. The average Bonchev–Trinajstić information content (AvgIpc) is 2.49. The number of imidazole rings is 1. The summed E-state index contributed by atoms with van der Waals surface area (Å²) in [6, 6.07) is 3.94. The van der Waals surface area contributed by atoms with Crippen LogP contribution in [0.15, 0.2) is 18.5 Å². The van der Waals surface area contributed by atoms with Gasteiger partial charge in [0.1, 0.15) is 5.75 Å². The van der Waals surface area contributed by atoms with Gasteiger partial charge < -0.3 is 9.72 Å². The summed E-state index contributed by atoms with van der Waals surface area (Å²) in [5.74, 6) is 0.871. The highest BCUT2D eigenvalue weighted by Gasteiger charge is 2.03. The molecule has 0 atom stereocenters. The van der Waals surface area contributed by atoms with Gasteiger partial charge in [-0.2, -0.15) is 0 Å². The van der Waals surface area contributed by atoms with Crippen LogP contribution in [-0.2, 0) is 0 Å². The zero-order chi connectivity index (χ0) is 8.55. The van der Waals surface area contributed by atoms with Crippen LogP contribution in [0.4, 0.5) is 0 Å². The lowest BCUT2D eigenvalue weighted by Gasteiger charge is -2.01. The highest BCUT2D eigenvalue weighted by Crippen LogP contribution is 2.24. The Morgan fingerprint density at radius 3 is 3.08 bits per heavy atom. The lowest BCUT2D eigenvalue weighted by molar-refractivity contribution is 0.412. The van der Waals surface area contributed by atoms with E-state index in [0.29, 0.717) is 0 Å². The molecule has 2 rings (SSSR count). The maximum absolute atomic E-state index is 5.16. The van der Waals surface area contributed by atoms with Crippen molar-refractivity contribution >= 4 is 33.6 Å².